The first-order valence-electron chi connectivity index (χ1n) is 6.39. The highest BCUT2D eigenvalue weighted by molar-refractivity contribution is 5.90. The second-order valence-corrected chi connectivity index (χ2v) is 4.61. The van der Waals surface area contributed by atoms with Crippen molar-refractivity contribution in [3.63, 3.8) is 0 Å². The number of amides is 1. The van der Waals surface area contributed by atoms with Crippen LogP contribution in [0.1, 0.15) is 26.7 Å². The number of carbonyl (C=O) groups excluding carboxylic acids is 1. The zero-order valence-electron chi connectivity index (χ0n) is 11.6. The summed E-state index contributed by atoms with van der Waals surface area (Å²) < 4.78 is 18.2. The molecule has 0 heterocycles. The molecule has 0 saturated carbocycles. The van der Waals surface area contributed by atoms with Crippen LogP contribution in [-0.4, -0.2) is 25.6 Å². The molecule has 5 heteroatoms. The third-order valence-electron chi connectivity index (χ3n) is 2.57. The first-order valence-corrected chi connectivity index (χ1v) is 6.39. The molecule has 0 unspecified atom stereocenters. The molecule has 106 valence electrons. The number of methoxy groups -OCH3 is 1. The molecule has 1 rings (SSSR count). The van der Waals surface area contributed by atoms with Gasteiger partial charge in [-0.15, -0.1) is 0 Å². The van der Waals surface area contributed by atoms with Gasteiger partial charge in [-0.25, -0.2) is 4.39 Å². The summed E-state index contributed by atoms with van der Waals surface area (Å²) in [6, 6.07) is 4.78. The second kappa shape index (κ2) is 7.74. The number of anilines is 1. The largest absolute Gasteiger partial charge is 0.494 e. The van der Waals surface area contributed by atoms with Crippen LogP contribution in [0.5, 0.6) is 5.75 Å². The Morgan fingerprint density at radius 3 is 2.74 bits per heavy atom. The van der Waals surface area contributed by atoms with Gasteiger partial charge in [-0.1, -0.05) is 13.8 Å². The highest BCUT2D eigenvalue weighted by atomic mass is 19.1. The van der Waals surface area contributed by atoms with E-state index in [4.69, 9.17) is 4.74 Å². The number of carbonyl (C=O) groups is 1. The molecule has 0 aliphatic rings. The summed E-state index contributed by atoms with van der Waals surface area (Å²) in [4.78, 5) is 11.6. The van der Waals surface area contributed by atoms with Gasteiger partial charge in [-0.2, -0.15) is 0 Å². The number of rotatable bonds is 7. The van der Waals surface area contributed by atoms with Gasteiger partial charge in [-0.05, 0) is 25.1 Å². The van der Waals surface area contributed by atoms with Crippen LogP contribution in [0.2, 0.25) is 0 Å². The normalized spacial score (nSPS) is 10.6. The summed E-state index contributed by atoms with van der Waals surface area (Å²) in [7, 11) is 1.40. The molecular formula is C14H21FN2O2. The number of ether oxygens (including phenoxy) is 1. The summed E-state index contributed by atoms with van der Waals surface area (Å²) in [5.41, 5.74) is 0.445. The first kappa shape index (κ1) is 15.4. The van der Waals surface area contributed by atoms with E-state index in [0.717, 1.165) is 13.0 Å². The minimum atomic E-state index is -0.484. The smallest absolute Gasteiger partial charge is 0.224 e. The molecule has 0 radical (unpaired) electrons. The van der Waals surface area contributed by atoms with E-state index in [1.54, 1.807) is 6.07 Å². The predicted molar refractivity (Wildman–Crippen MR) is 74.0 cm³/mol. The topological polar surface area (TPSA) is 50.4 Å². The maximum absolute atomic E-state index is 13.4. The van der Waals surface area contributed by atoms with Crippen molar-refractivity contribution in [1.82, 2.24) is 5.32 Å². The fourth-order valence-corrected chi connectivity index (χ4v) is 1.61. The van der Waals surface area contributed by atoms with Gasteiger partial charge in [0.15, 0.2) is 11.6 Å². The SMILES string of the molecule is COc1ccc(NC(=O)CCCNC(C)C)cc1F. The number of nitrogens with one attached hydrogen (secondary N) is 2. The van der Waals surface area contributed by atoms with Gasteiger partial charge < -0.3 is 15.4 Å². The molecule has 1 aromatic rings. The Morgan fingerprint density at radius 2 is 2.16 bits per heavy atom. The molecule has 0 saturated heterocycles. The molecule has 1 amide bonds. The van der Waals surface area contributed by atoms with E-state index in [9.17, 15) is 9.18 Å². The number of benzene rings is 1. The number of halogens is 1. The average Bonchev–Trinajstić information content (AvgIpc) is 2.35. The Labute approximate surface area is 113 Å². The summed E-state index contributed by atoms with van der Waals surface area (Å²) in [6.45, 7) is 4.91. The monoisotopic (exact) mass is 268 g/mol. The quantitative estimate of drug-likeness (QED) is 0.747. The molecule has 1 aromatic carbocycles. The van der Waals surface area contributed by atoms with Gasteiger partial charge in [0.05, 0.1) is 7.11 Å². The highest BCUT2D eigenvalue weighted by Crippen LogP contribution is 2.20. The van der Waals surface area contributed by atoms with Crippen LogP contribution in [-0.2, 0) is 4.79 Å². The molecule has 0 aromatic heterocycles. The average molecular weight is 268 g/mol. The van der Waals surface area contributed by atoms with E-state index in [1.165, 1.54) is 19.2 Å². The van der Waals surface area contributed by atoms with E-state index < -0.39 is 5.82 Å². The molecule has 0 aliphatic carbocycles. The fourth-order valence-electron chi connectivity index (χ4n) is 1.61. The third kappa shape index (κ3) is 5.70. The zero-order valence-corrected chi connectivity index (χ0v) is 11.6. The Kier molecular flexibility index (Phi) is 6.29. The Hall–Kier alpha value is -1.62. The summed E-state index contributed by atoms with van der Waals surface area (Å²) in [5.74, 6) is -0.434. The van der Waals surface area contributed by atoms with Crippen molar-refractivity contribution < 1.29 is 13.9 Å². The molecule has 4 nitrogen and oxygen atoms in total. The van der Waals surface area contributed by atoms with E-state index in [2.05, 4.69) is 24.5 Å². The van der Waals surface area contributed by atoms with Gasteiger partial charge in [-0.3, -0.25) is 4.79 Å². The molecule has 2 N–H and O–H groups in total. The maximum atomic E-state index is 13.4. The number of hydrogen-bond acceptors (Lipinski definition) is 3. The Balaban J connectivity index is 2.38. The molecular weight excluding hydrogens is 247 g/mol. The third-order valence-corrected chi connectivity index (χ3v) is 2.57. The minimum absolute atomic E-state index is 0.116. The number of hydrogen-bond donors (Lipinski definition) is 2. The van der Waals surface area contributed by atoms with Crippen LogP contribution in [0.3, 0.4) is 0 Å². The van der Waals surface area contributed by atoms with Crippen molar-refractivity contribution in [2.24, 2.45) is 0 Å². The van der Waals surface area contributed by atoms with Crippen LogP contribution in [0.15, 0.2) is 18.2 Å². The second-order valence-electron chi connectivity index (χ2n) is 4.61. The lowest BCUT2D eigenvalue weighted by atomic mass is 10.2. The van der Waals surface area contributed by atoms with Gasteiger partial charge in [0.25, 0.3) is 0 Å². The Morgan fingerprint density at radius 1 is 1.42 bits per heavy atom. The van der Waals surface area contributed by atoms with Crippen molar-refractivity contribution in [3.8, 4) is 5.75 Å². The van der Waals surface area contributed by atoms with Gasteiger partial charge >= 0.3 is 0 Å². The van der Waals surface area contributed by atoms with Crippen LogP contribution in [0, 0.1) is 5.82 Å². The van der Waals surface area contributed by atoms with Gasteiger partial charge in [0, 0.05) is 24.2 Å². The molecule has 0 spiro atoms. The van der Waals surface area contributed by atoms with E-state index in [1.807, 2.05) is 0 Å². The predicted octanol–water partition coefficient (Wildman–Crippen LogP) is 2.55. The first-order chi connectivity index (χ1) is 9.02. The lowest BCUT2D eigenvalue weighted by molar-refractivity contribution is -0.116. The molecule has 0 fully saturated rings. The molecule has 0 bridgehead atoms. The lowest BCUT2D eigenvalue weighted by Crippen LogP contribution is -2.24. The van der Waals surface area contributed by atoms with E-state index in [-0.39, 0.29) is 11.7 Å². The maximum Gasteiger partial charge on any atom is 0.224 e. The van der Waals surface area contributed by atoms with Crippen LogP contribution in [0.4, 0.5) is 10.1 Å². The Bertz CT molecular complexity index is 422. The van der Waals surface area contributed by atoms with Crippen molar-refractivity contribution >= 4 is 11.6 Å². The van der Waals surface area contributed by atoms with Crippen molar-refractivity contribution in [2.45, 2.75) is 32.7 Å². The standard InChI is InChI=1S/C14H21FN2O2/c1-10(2)16-8-4-5-14(18)17-11-6-7-13(19-3)12(15)9-11/h6-7,9-10,16H,4-5,8H2,1-3H3,(H,17,18). The van der Waals surface area contributed by atoms with Gasteiger partial charge in [0.1, 0.15) is 0 Å². The fraction of sp³-hybridized carbons (Fsp3) is 0.500. The van der Waals surface area contributed by atoms with Crippen molar-refractivity contribution in [2.75, 3.05) is 19.0 Å². The summed E-state index contributed by atoms with van der Waals surface area (Å²) >= 11 is 0. The highest BCUT2D eigenvalue weighted by Gasteiger charge is 2.06. The van der Waals surface area contributed by atoms with Gasteiger partial charge in [0.2, 0.25) is 5.91 Å². The van der Waals surface area contributed by atoms with Crippen molar-refractivity contribution in [1.29, 1.82) is 0 Å². The summed E-state index contributed by atoms with van der Waals surface area (Å²) in [5, 5.41) is 5.89. The van der Waals surface area contributed by atoms with Crippen LogP contribution < -0.4 is 15.4 Å². The van der Waals surface area contributed by atoms with Crippen LogP contribution >= 0.6 is 0 Å². The lowest BCUT2D eigenvalue weighted by Gasteiger charge is -2.09. The summed E-state index contributed by atoms with van der Waals surface area (Å²) in [6.07, 6.45) is 1.16. The van der Waals surface area contributed by atoms with Crippen molar-refractivity contribution in [3.05, 3.63) is 24.0 Å². The molecule has 0 atom stereocenters. The van der Waals surface area contributed by atoms with E-state index in [0.29, 0.717) is 18.2 Å². The molecule has 0 aliphatic heterocycles. The van der Waals surface area contributed by atoms with E-state index >= 15 is 0 Å². The molecule has 19 heavy (non-hydrogen) atoms. The van der Waals surface area contributed by atoms with Crippen LogP contribution in [0.25, 0.3) is 0 Å². The minimum Gasteiger partial charge on any atom is -0.494 e. The zero-order chi connectivity index (χ0) is 14.3.